The fourth-order valence-corrected chi connectivity index (χ4v) is 2.76. The maximum atomic E-state index is 11.6. The van der Waals surface area contributed by atoms with Crippen molar-refractivity contribution in [2.45, 2.75) is 26.7 Å². The van der Waals surface area contributed by atoms with Gasteiger partial charge in [-0.15, -0.1) is 0 Å². The second kappa shape index (κ2) is 9.59. The molecular weight excluding hydrogens is 359 g/mol. The van der Waals surface area contributed by atoms with Crippen LogP contribution in [0.15, 0.2) is 30.5 Å². The Bertz CT molecular complexity index is 722. The molecule has 1 amide bonds. The molecule has 0 atom stereocenters. The van der Waals surface area contributed by atoms with E-state index in [-0.39, 0.29) is 5.91 Å². The Morgan fingerprint density at radius 1 is 1.20 bits per heavy atom. The lowest BCUT2D eigenvalue weighted by Gasteiger charge is -2.09. The van der Waals surface area contributed by atoms with E-state index in [9.17, 15) is 4.79 Å². The summed E-state index contributed by atoms with van der Waals surface area (Å²) in [6, 6.07) is 7.10. The summed E-state index contributed by atoms with van der Waals surface area (Å²) in [5.41, 5.74) is 1.53. The average molecular weight is 381 g/mol. The lowest BCUT2D eigenvalue weighted by molar-refractivity contribution is -0.121. The van der Waals surface area contributed by atoms with E-state index in [0.29, 0.717) is 41.4 Å². The van der Waals surface area contributed by atoms with E-state index in [2.05, 4.69) is 20.6 Å². The molecule has 0 fully saturated rings. The van der Waals surface area contributed by atoms with Crippen LogP contribution in [0.1, 0.15) is 26.7 Å². The maximum absolute atomic E-state index is 11.6. The molecule has 5 nitrogen and oxygen atoms in total. The molecule has 2 rings (SSSR count). The number of hydrogen-bond donors (Lipinski definition) is 2. The minimum absolute atomic E-state index is 0.0885. The summed E-state index contributed by atoms with van der Waals surface area (Å²) in [5, 5.41) is 7.19. The highest BCUT2D eigenvalue weighted by Crippen LogP contribution is 2.29. The van der Waals surface area contributed by atoms with Crippen LogP contribution in [-0.4, -0.2) is 29.0 Å². The van der Waals surface area contributed by atoms with Gasteiger partial charge in [-0.25, -0.2) is 9.97 Å². The molecule has 0 radical (unpaired) electrons. The summed E-state index contributed by atoms with van der Waals surface area (Å²) in [6.07, 6.45) is 3.03. The Kier molecular flexibility index (Phi) is 7.47. The maximum Gasteiger partial charge on any atom is 0.223 e. The molecule has 0 saturated carbocycles. The Hall–Kier alpha value is -1.85. The number of amides is 1. The average Bonchev–Trinajstić information content (AvgIpc) is 2.54. The van der Waals surface area contributed by atoms with Crippen molar-refractivity contribution in [1.82, 2.24) is 15.3 Å². The van der Waals surface area contributed by atoms with Gasteiger partial charge in [0.25, 0.3) is 0 Å². The highest BCUT2D eigenvalue weighted by molar-refractivity contribution is 6.36. The van der Waals surface area contributed by atoms with Crippen molar-refractivity contribution in [3.63, 3.8) is 0 Å². The smallest absolute Gasteiger partial charge is 0.223 e. The first-order chi connectivity index (χ1) is 12.0. The Morgan fingerprint density at radius 2 is 2.00 bits per heavy atom. The molecule has 25 heavy (non-hydrogen) atoms. The van der Waals surface area contributed by atoms with Crippen LogP contribution in [0.4, 0.5) is 5.95 Å². The number of halogens is 2. The van der Waals surface area contributed by atoms with Gasteiger partial charge in [-0.1, -0.05) is 37.0 Å². The fraction of sp³-hybridized carbons (Fsp3) is 0.389. The third-order valence-corrected chi connectivity index (χ3v) is 3.96. The van der Waals surface area contributed by atoms with Gasteiger partial charge >= 0.3 is 0 Å². The van der Waals surface area contributed by atoms with Crippen LogP contribution in [0.25, 0.3) is 11.3 Å². The molecule has 0 bridgehead atoms. The summed E-state index contributed by atoms with van der Waals surface area (Å²) in [5.74, 6) is 0.983. The largest absolute Gasteiger partial charge is 0.356 e. The highest BCUT2D eigenvalue weighted by atomic mass is 35.5. The zero-order chi connectivity index (χ0) is 18.2. The van der Waals surface area contributed by atoms with Gasteiger partial charge in [0.15, 0.2) is 0 Å². The normalized spacial score (nSPS) is 10.8. The topological polar surface area (TPSA) is 66.9 Å². The molecule has 0 aliphatic carbocycles. The first-order valence-corrected chi connectivity index (χ1v) is 9.00. The number of carbonyl (C=O) groups excluding carboxylic acids is 1. The quantitative estimate of drug-likeness (QED) is 0.665. The van der Waals surface area contributed by atoms with Crippen molar-refractivity contribution >= 4 is 35.1 Å². The fourth-order valence-electron chi connectivity index (χ4n) is 2.25. The number of aromatic nitrogens is 2. The first-order valence-electron chi connectivity index (χ1n) is 8.24. The van der Waals surface area contributed by atoms with Crippen LogP contribution >= 0.6 is 23.2 Å². The van der Waals surface area contributed by atoms with E-state index >= 15 is 0 Å². The SMILES string of the molecule is CC(C)CC(=O)NCCCNc1nccc(-c2ccc(Cl)cc2Cl)n1. The van der Waals surface area contributed by atoms with Gasteiger partial charge in [0.1, 0.15) is 0 Å². The molecule has 1 aromatic heterocycles. The molecule has 2 N–H and O–H groups in total. The zero-order valence-corrected chi connectivity index (χ0v) is 15.9. The highest BCUT2D eigenvalue weighted by Gasteiger charge is 2.07. The number of hydrogen-bond acceptors (Lipinski definition) is 4. The summed E-state index contributed by atoms with van der Waals surface area (Å²) in [4.78, 5) is 20.2. The van der Waals surface area contributed by atoms with Crippen molar-refractivity contribution in [3.8, 4) is 11.3 Å². The molecular formula is C18H22Cl2N4O. The monoisotopic (exact) mass is 380 g/mol. The molecule has 0 aliphatic heterocycles. The van der Waals surface area contributed by atoms with E-state index < -0.39 is 0 Å². The number of nitrogens with one attached hydrogen (secondary N) is 2. The minimum atomic E-state index is 0.0885. The molecule has 0 spiro atoms. The Morgan fingerprint density at radius 3 is 2.72 bits per heavy atom. The Labute approximate surface area is 158 Å². The number of anilines is 1. The third kappa shape index (κ3) is 6.52. The molecule has 1 heterocycles. The van der Waals surface area contributed by atoms with Gasteiger partial charge in [0, 0.05) is 36.3 Å². The van der Waals surface area contributed by atoms with Gasteiger partial charge < -0.3 is 10.6 Å². The van der Waals surface area contributed by atoms with Gasteiger partial charge in [0.2, 0.25) is 11.9 Å². The number of carbonyl (C=O) groups is 1. The van der Waals surface area contributed by atoms with E-state index in [1.165, 1.54) is 0 Å². The number of benzene rings is 1. The summed E-state index contributed by atoms with van der Waals surface area (Å²) < 4.78 is 0. The van der Waals surface area contributed by atoms with E-state index in [0.717, 1.165) is 17.7 Å². The zero-order valence-electron chi connectivity index (χ0n) is 14.4. The van der Waals surface area contributed by atoms with E-state index in [4.69, 9.17) is 23.2 Å². The molecule has 0 unspecified atom stereocenters. The molecule has 2 aromatic rings. The van der Waals surface area contributed by atoms with Crippen molar-refractivity contribution in [2.75, 3.05) is 18.4 Å². The van der Waals surface area contributed by atoms with Crippen LogP contribution in [0.3, 0.4) is 0 Å². The molecule has 0 aliphatic rings. The second-order valence-electron chi connectivity index (χ2n) is 6.12. The summed E-state index contributed by atoms with van der Waals surface area (Å²) >= 11 is 12.1. The number of nitrogens with zero attached hydrogens (tertiary/aromatic N) is 2. The van der Waals surface area contributed by atoms with Crippen molar-refractivity contribution in [1.29, 1.82) is 0 Å². The lowest BCUT2D eigenvalue weighted by Crippen LogP contribution is -2.26. The summed E-state index contributed by atoms with van der Waals surface area (Å²) in [6.45, 7) is 5.35. The first kappa shape index (κ1) is 19.5. The van der Waals surface area contributed by atoms with E-state index in [1.807, 2.05) is 19.9 Å². The molecule has 7 heteroatoms. The van der Waals surface area contributed by atoms with Crippen LogP contribution in [0.5, 0.6) is 0 Å². The van der Waals surface area contributed by atoms with Crippen LogP contribution in [0.2, 0.25) is 10.0 Å². The van der Waals surface area contributed by atoms with Crippen molar-refractivity contribution in [2.24, 2.45) is 5.92 Å². The van der Waals surface area contributed by atoms with Crippen molar-refractivity contribution in [3.05, 3.63) is 40.5 Å². The Balaban J connectivity index is 1.85. The minimum Gasteiger partial charge on any atom is -0.356 e. The van der Waals surface area contributed by atoms with Crippen molar-refractivity contribution < 1.29 is 4.79 Å². The third-order valence-electron chi connectivity index (χ3n) is 3.42. The predicted octanol–water partition coefficient (Wildman–Crippen LogP) is 4.41. The lowest BCUT2D eigenvalue weighted by atomic mass is 10.1. The molecule has 1 aromatic carbocycles. The standard InChI is InChI=1S/C18H22Cl2N4O/c1-12(2)10-17(25)21-7-3-8-22-18-23-9-6-16(24-18)14-5-4-13(19)11-15(14)20/h4-6,9,11-12H,3,7-8,10H2,1-2H3,(H,21,25)(H,22,23,24). The van der Waals surface area contributed by atoms with Gasteiger partial charge in [0.05, 0.1) is 10.7 Å². The van der Waals surface area contributed by atoms with Gasteiger partial charge in [-0.3, -0.25) is 4.79 Å². The molecule has 0 saturated heterocycles. The van der Waals surface area contributed by atoms with E-state index in [1.54, 1.807) is 24.4 Å². The predicted molar refractivity (Wildman–Crippen MR) is 103 cm³/mol. The van der Waals surface area contributed by atoms with Crippen LogP contribution in [-0.2, 0) is 4.79 Å². The van der Waals surface area contributed by atoms with Gasteiger partial charge in [-0.2, -0.15) is 0 Å². The summed E-state index contributed by atoms with van der Waals surface area (Å²) in [7, 11) is 0. The molecule has 134 valence electrons. The van der Waals surface area contributed by atoms with Gasteiger partial charge in [-0.05, 0) is 36.6 Å². The van der Waals surface area contributed by atoms with Crippen LogP contribution < -0.4 is 10.6 Å². The number of rotatable bonds is 8. The second-order valence-corrected chi connectivity index (χ2v) is 6.96. The van der Waals surface area contributed by atoms with Crippen LogP contribution in [0, 0.1) is 5.92 Å².